The van der Waals surface area contributed by atoms with Gasteiger partial charge in [-0.05, 0) is 50.1 Å². The molecule has 6 nitrogen and oxygen atoms in total. The van der Waals surface area contributed by atoms with E-state index in [4.69, 9.17) is 0 Å². The van der Waals surface area contributed by atoms with E-state index in [1.807, 2.05) is 0 Å². The van der Waals surface area contributed by atoms with Crippen molar-refractivity contribution < 1.29 is 30.4 Å². The second kappa shape index (κ2) is 7.45. The molecule has 2 N–H and O–H groups in total. The number of hydrogen-bond donors (Lipinski definition) is 2. The van der Waals surface area contributed by atoms with Gasteiger partial charge in [0.1, 0.15) is 6.04 Å². The van der Waals surface area contributed by atoms with Gasteiger partial charge in [-0.1, -0.05) is 0 Å². The van der Waals surface area contributed by atoms with Crippen molar-refractivity contribution in [2.75, 3.05) is 5.32 Å². The van der Waals surface area contributed by atoms with Gasteiger partial charge in [0.05, 0.1) is 16.5 Å². The number of fused-ring (bicyclic) bond motifs is 1. The number of benzene rings is 2. The third kappa shape index (κ3) is 4.35. The van der Waals surface area contributed by atoms with E-state index in [0.29, 0.717) is 17.8 Å². The topological polar surface area (TPSA) is 76.0 Å². The summed E-state index contributed by atoms with van der Waals surface area (Å²) in [7, 11) is -4.48. The van der Waals surface area contributed by atoms with Crippen LogP contribution < -0.4 is 10.0 Å². The number of rotatable bonds is 6. The first-order valence-electron chi connectivity index (χ1n) is 9.29. The average Bonchev–Trinajstić information content (AvgIpc) is 3.46. The highest BCUT2D eigenvalue weighted by Gasteiger charge is 2.39. The summed E-state index contributed by atoms with van der Waals surface area (Å²) in [6.07, 6.45) is -3.01. The van der Waals surface area contributed by atoms with Gasteiger partial charge in [-0.2, -0.15) is 23.0 Å². The van der Waals surface area contributed by atoms with Crippen LogP contribution in [0.2, 0.25) is 0 Å². The van der Waals surface area contributed by atoms with Crippen LogP contribution in [0.25, 0.3) is 10.9 Å². The summed E-state index contributed by atoms with van der Waals surface area (Å²) in [5.41, 5.74) is 0.744. The van der Waals surface area contributed by atoms with Gasteiger partial charge in [-0.3, -0.25) is 4.68 Å². The van der Waals surface area contributed by atoms with Gasteiger partial charge in [0, 0.05) is 17.1 Å². The molecule has 1 aromatic heterocycles. The molecule has 1 unspecified atom stereocenters. The molecule has 3 aromatic rings. The summed E-state index contributed by atoms with van der Waals surface area (Å²) >= 11 is 0. The maximum atomic E-state index is 13.6. The quantitative estimate of drug-likeness (QED) is 0.527. The SMILES string of the molecule is CC(NS(=O)(=O)c1ccc2c(c1)c(Nc1ccc(F)c(F)c1)nn2C1CC1)C(F)(F)F. The van der Waals surface area contributed by atoms with E-state index in [1.165, 1.54) is 24.3 Å². The van der Waals surface area contributed by atoms with Crippen LogP contribution in [0.15, 0.2) is 41.3 Å². The Hall–Kier alpha value is -2.73. The van der Waals surface area contributed by atoms with Crippen LogP contribution in [0, 0.1) is 11.6 Å². The Kier molecular flexibility index (Phi) is 5.16. The predicted molar refractivity (Wildman–Crippen MR) is 103 cm³/mol. The Balaban J connectivity index is 1.75. The predicted octanol–water partition coefficient (Wildman–Crippen LogP) is 4.62. The van der Waals surface area contributed by atoms with Crippen molar-refractivity contribution in [2.45, 2.75) is 42.9 Å². The zero-order valence-electron chi connectivity index (χ0n) is 16.0. The smallest absolute Gasteiger partial charge is 0.338 e. The molecular formula is C19H17F5N4O2S. The van der Waals surface area contributed by atoms with E-state index in [-0.39, 0.29) is 22.4 Å². The van der Waals surface area contributed by atoms with Crippen LogP contribution in [0.3, 0.4) is 0 Å². The minimum atomic E-state index is -4.74. The molecule has 0 bridgehead atoms. The second-order valence-electron chi connectivity index (χ2n) is 7.34. The maximum absolute atomic E-state index is 13.6. The number of hydrogen-bond acceptors (Lipinski definition) is 4. The van der Waals surface area contributed by atoms with Crippen molar-refractivity contribution in [3.05, 3.63) is 48.0 Å². The van der Waals surface area contributed by atoms with Crippen molar-refractivity contribution in [1.82, 2.24) is 14.5 Å². The zero-order chi connectivity index (χ0) is 22.6. The monoisotopic (exact) mass is 460 g/mol. The van der Waals surface area contributed by atoms with E-state index in [2.05, 4.69) is 10.4 Å². The third-order valence-electron chi connectivity index (χ3n) is 4.89. The molecule has 0 radical (unpaired) electrons. The minimum absolute atomic E-state index is 0.105. The fraction of sp³-hybridized carbons (Fsp3) is 0.316. The summed E-state index contributed by atoms with van der Waals surface area (Å²) in [6.45, 7) is 0.706. The second-order valence-corrected chi connectivity index (χ2v) is 9.06. The van der Waals surface area contributed by atoms with Crippen LogP contribution in [0.1, 0.15) is 25.8 Å². The van der Waals surface area contributed by atoms with Gasteiger partial charge in [-0.25, -0.2) is 17.2 Å². The van der Waals surface area contributed by atoms with Crippen LogP contribution in [-0.4, -0.2) is 30.4 Å². The highest BCUT2D eigenvalue weighted by Crippen LogP contribution is 2.39. The zero-order valence-corrected chi connectivity index (χ0v) is 16.9. The first-order chi connectivity index (χ1) is 14.5. The largest absolute Gasteiger partial charge is 0.404 e. The standard InChI is InChI=1S/C19H17F5N4O2S/c1-10(19(22,23)24)27-31(29,30)13-5-7-17-14(9-13)18(26-28(17)12-3-4-12)25-11-2-6-15(20)16(21)8-11/h2,5-10,12,27H,3-4H2,1H3,(H,25,26). The van der Waals surface area contributed by atoms with E-state index in [9.17, 15) is 30.4 Å². The number of halogens is 5. The summed E-state index contributed by atoms with van der Waals surface area (Å²) < 4.78 is 93.4. The minimum Gasteiger partial charge on any atom is -0.338 e. The fourth-order valence-electron chi connectivity index (χ4n) is 3.06. The molecule has 1 saturated carbocycles. The molecule has 12 heteroatoms. The molecule has 1 aliphatic rings. The molecule has 4 rings (SSSR count). The Labute approximate surface area is 174 Å². The molecule has 166 valence electrons. The van der Waals surface area contributed by atoms with Gasteiger partial charge in [-0.15, -0.1) is 0 Å². The van der Waals surface area contributed by atoms with E-state index in [0.717, 1.165) is 25.0 Å². The van der Waals surface area contributed by atoms with Gasteiger partial charge in [0.25, 0.3) is 0 Å². The van der Waals surface area contributed by atoms with Gasteiger partial charge >= 0.3 is 6.18 Å². The lowest BCUT2D eigenvalue weighted by Crippen LogP contribution is -2.42. The molecule has 1 aliphatic carbocycles. The van der Waals surface area contributed by atoms with Gasteiger partial charge in [0.2, 0.25) is 10.0 Å². The lowest BCUT2D eigenvalue weighted by molar-refractivity contribution is -0.147. The summed E-state index contributed by atoms with van der Waals surface area (Å²) in [5, 5.41) is 7.56. The average molecular weight is 460 g/mol. The Morgan fingerprint density at radius 1 is 1.10 bits per heavy atom. The normalized spacial score (nSPS) is 15.9. The Morgan fingerprint density at radius 2 is 1.81 bits per heavy atom. The van der Waals surface area contributed by atoms with Crippen molar-refractivity contribution in [1.29, 1.82) is 0 Å². The molecule has 31 heavy (non-hydrogen) atoms. The van der Waals surface area contributed by atoms with Crippen molar-refractivity contribution in [3.63, 3.8) is 0 Å². The lowest BCUT2D eigenvalue weighted by atomic mass is 10.2. The van der Waals surface area contributed by atoms with E-state index >= 15 is 0 Å². The molecule has 2 aromatic carbocycles. The molecule has 0 spiro atoms. The summed E-state index contributed by atoms with van der Waals surface area (Å²) in [6, 6.07) is 4.83. The molecule has 0 saturated heterocycles. The third-order valence-corrected chi connectivity index (χ3v) is 6.42. The molecule has 0 aliphatic heterocycles. The van der Waals surface area contributed by atoms with Gasteiger partial charge in [0.15, 0.2) is 17.5 Å². The van der Waals surface area contributed by atoms with Crippen molar-refractivity contribution in [2.24, 2.45) is 0 Å². The van der Waals surface area contributed by atoms with Gasteiger partial charge < -0.3 is 5.32 Å². The highest BCUT2D eigenvalue weighted by atomic mass is 32.2. The first-order valence-corrected chi connectivity index (χ1v) is 10.8. The number of alkyl halides is 3. The summed E-state index contributed by atoms with van der Waals surface area (Å²) in [4.78, 5) is -0.375. The fourth-order valence-corrected chi connectivity index (χ4v) is 4.31. The Morgan fingerprint density at radius 3 is 2.42 bits per heavy atom. The Bertz CT molecular complexity index is 1250. The summed E-state index contributed by atoms with van der Waals surface area (Å²) in [5.74, 6) is -1.93. The van der Waals surface area contributed by atoms with Crippen LogP contribution >= 0.6 is 0 Å². The lowest BCUT2D eigenvalue weighted by Gasteiger charge is -2.17. The molecule has 0 amide bonds. The highest BCUT2D eigenvalue weighted by molar-refractivity contribution is 7.89. The number of aromatic nitrogens is 2. The van der Waals surface area contributed by atoms with Crippen molar-refractivity contribution >= 4 is 32.4 Å². The number of nitrogens with one attached hydrogen (secondary N) is 2. The molecule has 1 atom stereocenters. The first kappa shape index (κ1) is 21.5. The number of sulfonamides is 1. The molecule has 1 fully saturated rings. The number of nitrogens with zero attached hydrogens (tertiary/aromatic N) is 2. The van der Waals surface area contributed by atoms with E-state index < -0.39 is 33.9 Å². The van der Waals surface area contributed by atoms with Crippen molar-refractivity contribution in [3.8, 4) is 0 Å². The van der Waals surface area contributed by atoms with E-state index in [1.54, 1.807) is 9.40 Å². The van der Waals surface area contributed by atoms with Crippen LogP contribution in [0.5, 0.6) is 0 Å². The maximum Gasteiger partial charge on any atom is 0.404 e. The molecular weight excluding hydrogens is 443 g/mol. The van der Waals surface area contributed by atoms with Crippen LogP contribution in [0.4, 0.5) is 33.5 Å². The number of anilines is 2. The van der Waals surface area contributed by atoms with Crippen LogP contribution in [-0.2, 0) is 10.0 Å². The molecule has 1 heterocycles.